The number of carboxylic acid groups (broad SMARTS) is 1. The number of hydrogen-bond donors (Lipinski definition) is 1. The Balaban J connectivity index is 0.00000134. The van der Waals surface area contributed by atoms with Crippen molar-refractivity contribution < 1.29 is 38.3 Å². The van der Waals surface area contributed by atoms with E-state index >= 15 is 0 Å². The molecule has 0 aliphatic rings. The number of carbonyl (C=O) groups is 1. The van der Waals surface area contributed by atoms with Gasteiger partial charge in [0.1, 0.15) is 0 Å². The normalized spacial score (nSPS) is 10.5. The van der Waals surface area contributed by atoms with Gasteiger partial charge >= 0.3 is 5.97 Å². The molecule has 4 rings (SSSR count). The summed E-state index contributed by atoms with van der Waals surface area (Å²) in [6.45, 7) is 0. The number of rotatable bonds is 8. The van der Waals surface area contributed by atoms with Crippen molar-refractivity contribution in [3.63, 3.8) is 0 Å². The highest BCUT2D eigenvalue weighted by molar-refractivity contribution is 9.10. The molecule has 0 atom stereocenters. The number of ether oxygens (including phenoxy) is 6. The number of methoxy groups -OCH3 is 6. The first-order chi connectivity index (χ1) is 18.7. The van der Waals surface area contributed by atoms with E-state index in [0.717, 1.165) is 26.0 Å². The van der Waals surface area contributed by atoms with Crippen LogP contribution >= 0.6 is 39.1 Å². The molecular formula is C28H27BrCl2O8. The van der Waals surface area contributed by atoms with Gasteiger partial charge in [0.25, 0.3) is 0 Å². The van der Waals surface area contributed by atoms with Crippen molar-refractivity contribution in [3.8, 4) is 45.6 Å². The molecule has 8 nitrogen and oxygen atoms in total. The Morgan fingerprint density at radius 1 is 0.641 bits per heavy atom. The second-order valence-electron chi connectivity index (χ2n) is 7.85. The van der Waals surface area contributed by atoms with Crippen LogP contribution in [0, 0.1) is 0 Å². The number of benzene rings is 4. The molecule has 1 N–H and O–H groups in total. The summed E-state index contributed by atoms with van der Waals surface area (Å²) in [5, 5.41) is 13.4. The molecule has 39 heavy (non-hydrogen) atoms. The molecule has 0 aliphatic heterocycles. The molecule has 0 bridgehead atoms. The average Bonchev–Trinajstić information content (AvgIpc) is 2.95. The van der Waals surface area contributed by atoms with E-state index in [1.54, 1.807) is 34.5 Å². The van der Waals surface area contributed by atoms with E-state index in [0.29, 0.717) is 45.6 Å². The molecule has 0 saturated carbocycles. The van der Waals surface area contributed by atoms with Gasteiger partial charge in [-0.2, -0.15) is 0 Å². The summed E-state index contributed by atoms with van der Waals surface area (Å²) in [6, 6.07) is 10.5. The van der Waals surface area contributed by atoms with Crippen LogP contribution in [0.4, 0.5) is 0 Å². The lowest BCUT2D eigenvalue weighted by Crippen LogP contribution is -2.03. The molecule has 0 saturated heterocycles. The molecule has 0 spiro atoms. The van der Waals surface area contributed by atoms with E-state index in [4.69, 9.17) is 51.6 Å². The predicted molar refractivity (Wildman–Crippen MR) is 157 cm³/mol. The van der Waals surface area contributed by atoms with Gasteiger partial charge in [-0.3, -0.25) is 0 Å². The lowest BCUT2D eigenvalue weighted by molar-refractivity contribution is 0.0697. The molecule has 4 aromatic rings. The fraction of sp³-hybridized carbons (Fsp3) is 0.250. The summed E-state index contributed by atoms with van der Waals surface area (Å²) in [5.41, 5.74) is 1.12. The van der Waals surface area contributed by atoms with Gasteiger partial charge in [0, 0.05) is 20.8 Å². The van der Waals surface area contributed by atoms with Crippen LogP contribution in [-0.2, 0) is 0 Å². The summed E-state index contributed by atoms with van der Waals surface area (Å²) < 4.78 is 33.9. The van der Waals surface area contributed by atoms with Crippen molar-refractivity contribution >= 4 is 66.6 Å². The largest absolute Gasteiger partial charge is 0.493 e. The first kappa shape index (κ1) is 30.3. The topological polar surface area (TPSA) is 92.7 Å². The summed E-state index contributed by atoms with van der Waals surface area (Å²) in [7, 11) is 9.18. The molecule has 4 aromatic carbocycles. The second kappa shape index (κ2) is 13.2. The van der Waals surface area contributed by atoms with Crippen LogP contribution in [0.15, 0.2) is 40.9 Å². The van der Waals surface area contributed by atoms with Crippen molar-refractivity contribution in [1.29, 1.82) is 0 Å². The summed E-state index contributed by atoms with van der Waals surface area (Å²) in [6.07, 6.45) is 0. The number of carboxylic acids is 1. The first-order valence-electron chi connectivity index (χ1n) is 11.3. The quantitative estimate of drug-likeness (QED) is 0.155. The fourth-order valence-electron chi connectivity index (χ4n) is 4.38. The van der Waals surface area contributed by atoms with Crippen LogP contribution in [0.25, 0.3) is 32.7 Å². The van der Waals surface area contributed by atoms with Crippen molar-refractivity contribution in [2.24, 2.45) is 0 Å². The molecule has 0 aliphatic carbocycles. The Hall–Kier alpha value is -3.27. The van der Waals surface area contributed by atoms with Crippen LogP contribution in [0.3, 0.4) is 0 Å². The zero-order valence-electron chi connectivity index (χ0n) is 22.1. The van der Waals surface area contributed by atoms with Crippen LogP contribution < -0.4 is 28.4 Å². The smallest absolute Gasteiger partial charge is 0.336 e. The molecule has 0 aromatic heterocycles. The second-order valence-corrected chi connectivity index (χ2v) is 9.45. The minimum absolute atomic E-state index is 0.0437. The van der Waals surface area contributed by atoms with E-state index in [-0.39, 0.29) is 10.9 Å². The minimum atomic E-state index is -1.11. The van der Waals surface area contributed by atoms with Crippen LogP contribution in [-0.4, -0.2) is 59.1 Å². The molecule has 0 heterocycles. The van der Waals surface area contributed by atoms with Crippen molar-refractivity contribution in [2.75, 3.05) is 48.0 Å². The zero-order chi connectivity index (χ0) is 28.9. The minimum Gasteiger partial charge on any atom is -0.493 e. The molecule has 0 radical (unpaired) electrons. The van der Waals surface area contributed by atoms with E-state index in [2.05, 4.69) is 15.9 Å². The third kappa shape index (κ3) is 5.71. The van der Waals surface area contributed by atoms with E-state index in [1.807, 2.05) is 24.3 Å². The molecule has 0 unspecified atom stereocenters. The highest BCUT2D eigenvalue weighted by atomic mass is 79.9. The Labute approximate surface area is 244 Å². The highest BCUT2D eigenvalue weighted by Crippen LogP contribution is 2.49. The Kier molecular flexibility index (Phi) is 10.2. The van der Waals surface area contributed by atoms with Crippen LogP contribution in [0.1, 0.15) is 10.4 Å². The predicted octanol–water partition coefficient (Wildman–Crippen LogP) is 7.59. The number of halogens is 3. The summed E-state index contributed by atoms with van der Waals surface area (Å²) in [4.78, 5) is 12.5. The third-order valence-corrected chi connectivity index (χ3v) is 6.94. The molecule has 0 amide bonds. The van der Waals surface area contributed by atoms with Crippen molar-refractivity contribution in [2.45, 2.75) is 0 Å². The van der Waals surface area contributed by atoms with Gasteiger partial charge < -0.3 is 33.5 Å². The van der Waals surface area contributed by atoms with Crippen LogP contribution in [0.5, 0.6) is 34.5 Å². The van der Waals surface area contributed by atoms with E-state index in [1.165, 1.54) is 20.3 Å². The lowest BCUT2D eigenvalue weighted by atomic mass is 9.88. The highest BCUT2D eigenvalue weighted by Gasteiger charge is 2.25. The van der Waals surface area contributed by atoms with Gasteiger partial charge in [0.15, 0.2) is 34.5 Å². The first-order valence-corrected chi connectivity index (χ1v) is 13.2. The van der Waals surface area contributed by atoms with Gasteiger partial charge in [-0.1, -0.05) is 0 Å². The molecular weight excluding hydrogens is 615 g/mol. The Morgan fingerprint density at radius 3 is 1.28 bits per heavy atom. The van der Waals surface area contributed by atoms with Crippen LogP contribution in [0.2, 0.25) is 0 Å². The third-order valence-electron chi connectivity index (χ3n) is 6.08. The molecule has 0 fully saturated rings. The maximum Gasteiger partial charge on any atom is 0.336 e. The standard InChI is InChI=1S/C27H25BrO8.CH2Cl2/c1-31-19-7-13-16(10-22(19)34-4)26(28)17-11-23(35-5)20(32-2)8-14(17)25(13)15-9-21(33-3)24(36-6)12-18(15)27(29)30;2-1-3/h7-12H,1-6H3,(H,29,30);1H2. The summed E-state index contributed by atoms with van der Waals surface area (Å²) >= 11 is 13.3. The number of fused-ring (bicyclic) bond motifs is 2. The van der Waals surface area contributed by atoms with Gasteiger partial charge in [-0.15, -0.1) is 23.2 Å². The van der Waals surface area contributed by atoms with Crippen molar-refractivity contribution in [1.82, 2.24) is 0 Å². The van der Waals surface area contributed by atoms with E-state index < -0.39 is 5.97 Å². The zero-order valence-corrected chi connectivity index (χ0v) is 25.2. The van der Waals surface area contributed by atoms with Gasteiger partial charge in [-0.25, -0.2) is 4.79 Å². The van der Waals surface area contributed by atoms with Gasteiger partial charge in [0.2, 0.25) is 0 Å². The summed E-state index contributed by atoms with van der Waals surface area (Å²) in [5.74, 6) is 1.64. The molecule has 11 heteroatoms. The molecule has 208 valence electrons. The number of hydrogen-bond acceptors (Lipinski definition) is 7. The van der Waals surface area contributed by atoms with E-state index in [9.17, 15) is 9.90 Å². The number of alkyl halides is 2. The lowest BCUT2D eigenvalue weighted by Gasteiger charge is -2.20. The monoisotopic (exact) mass is 640 g/mol. The maximum atomic E-state index is 12.5. The Bertz CT molecular complexity index is 1450. The van der Waals surface area contributed by atoms with Gasteiger partial charge in [-0.05, 0) is 68.7 Å². The Morgan fingerprint density at radius 2 is 0.949 bits per heavy atom. The number of aromatic carboxylic acids is 1. The average molecular weight is 642 g/mol. The maximum absolute atomic E-state index is 12.5. The fourth-order valence-corrected chi connectivity index (χ4v) is 5.03. The SMILES string of the molecule is COc1cc(C(=O)O)c(-c2c3cc(OC)c(OC)cc3c(Br)c3cc(OC)c(OC)cc23)cc1OC.ClCCl. The van der Waals surface area contributed by atoms with Gasteiger partial charge in [0.05, 0.1) is 53.6 Å². The van der Waals surface area contributed by atoms with Crippen molar-refractivity contribution in [3.05, 3.63) is 46.4 Å².